The van der Waals surface area contributed by atoms with Crippen molar-refractivity contribution in [2.24, 2.45) is 0 Å². The molecule has 0 aromatic rings. The highest BCUT2D eigenvalue weighted by Gasteiger charge is 2.62. The Kier molecular flexibility index (Phi) is 8.07. The highest BCUT2D eigenvalue weighted by molar-refractivity contribution is 6.83. The van der Waals surface area contributed by atoms with Crippen molar-refractivity contribution in [1.29, 1.82) is 0 Å². The summed E-state index contributed by atoms with van der Waals surface area (Å²) in [5.74, 6) is 0.0299. The first-order valence-corrected chi connectivity index (χ1v) is 16.3. The summed E-state index contributed by atoms with van der Waals surface area (Å²) in [7, 11) is -5.69. The number of hydrogen-bond donors (Lipinski definition) is 1. The third-order valence-corrected chi connectivity index (χ3v) is 17.6. The van der Waals surface area contributed by atoms with Crippen molar-refractivity contribution in [3.63, 3.8) is 0 Å². The first-order valence-electron chi connectivity index (χ1n) is 12.3. The normalized spacial score (nSPS) is 30.9. The summed E-state index contributed by atoms with van der Waals surface area (Å²) in [4.78, 5) is 13.0. The molecule has 0 amide bonds. The van der Waals surface area contributed by atoms with E-state index in [1.54, 1.807) is 6.20 Å². The lowest BCUT2D eigenvalue weighted by molar-refractivity contribution is -0.635. The number of ether oxygens (including phenoxy) is 1. The summed E-state index contributed by atoms with van der Waals surface area (Å²) in [6, 6.07) is 0. The molecule has 2 fully saturated rings. The Balaban J connectivity index is 2.03. The van der Waals surface area contributed by atoms with E-state index in [9.17, 15) is 15.2 Å². The second kappa shape index (κ2) is 10.1. The molecule has 12 heteroatoms. The fraction of sp³-hybridized carbons (Fsp3) is 0.739. The molecule has 198 valence electrons. The van der Waals surface area contributed by atoms with Crippen LogP contribution in [0, 0.1) is 10.1 Å². The molecule has 35 heavy (non-hydrogen) atoms. The molecule has 0 aromatic carbocycles. The van der Waals surface area contributed by atoms with Crippen LogP contribution in [0.15, 0.2) is 37.0 Å². The number of hydrazine groups is 1. The number of aliphatic hydroxyl groups excluding tert-OH is 1. The zero-order valence-electron chi connectivity index (χ0n) is 22.1. The van der Waals surface area contributed by atoms with Crippen molar-refractivity contribution in [3.05, 3.63) is 47.1 Å². The van der Waals surface area contributed by atoms with Gasteiger partial charge in [0.25, 0.3) is 0 Å². The van der Waals surface area contributed by atoms with Crippen LogP contribution in [0.3, 0.4) is 0 Å². The number of hydrogen-bond acceptors (Lipinski definition) is 8. The summed E-state index contributed by atoms with van der Waals surface area (Å²) < 4.78 is 27.1. The van der Waals surface area contributed by atoms with E-state index < -0.39 is 46.7 Å². The second-order valence-corrected chi connectivity index (χ2v) is 19.6. The first kappa shape index (κ1) is 28.0. The van der Waals surface area contributed by atoms with E-state index in [0.29, 0.717) is 0 Å². The molecule has 0 radical (unpaired) electrons. The minimum Gasteiger partial charge on any atom is -0.414 e. The molecule has 0 saturated carbocycles. The molecule has 10 nitrogen and oxygen atoms in total. The number of nitro groups is 1. The predicted octanol–water partition coefficient (Wildman–Crippen LogP) is 4.34. The number of allylic oxidation sites excluding steroid dienone is 1. The maximum atomic E-state index is 11.6. The number of aliphatic hydroxyl groups is 1. The van der Waals surface area contributed by atoms with Gasteiger partial charge in [-0.1, -0.05) is 68.5 Å². The third-order valence-electron chi connectivity index (χ3n) is 7.32. The Bertz CT molecular complexity index is 863. The van der Waals surface area contributed by atoms with Gasteiger partial charge in [-0.25, -0.2) is 10.1 Å². The van der Waals surface area contributed by atoms with Crippen LogP contribution in [0.2, 0.25) is 22.2 Å². The van der Waals surface area contributed by atoms with Crippen LogP contribution >= 0.6 is 0 Å². The van der Waals surface area contributed by atoms with E-state index in [0.717, 1.165) is 5.01 Å². The highest BCUT2D eigenvalue weighted by Crippen LogP contribution is 2.48. The van der Waals surface area contributed by atoms with Crippen molar-refractivity contribution < 1.29 is 27.8 Å². The Labute approximate surface area is 210 Å². The average molecular weight is 528 g/mol. The van der Waals surface area contributed by atoms with Crippen LogP contribution in [0.4, 0.5) is 0 Å². The zero-order valence-corrected chi connectivity index (χ0v) is 24.1. The molecule has 0 aromatic heterocycles. The summed E-state index contributed by atoms with van der Waals surface area (Å²) >= 11 is 0. The Morgan fingerprint density at radius 2 is 1.60 bits per heavy atom. The van der Waals surface area contributed by atoms with Gasteiger partial charge in [0.1, 0.15) is 24.0 Å². The smallest absolute Gasteiger partial charge is 0.335 e. The van der Waals surface area contributed by atoms with Gasteiger partial charge in [-0.2, -0.15) is 0 Å². The number of nitrogens with zero attached hydrogens (tertiary/aromatic N) is 3. The fourth-order valence-corrected chi connectivity index (χ4v) is 16.6. The van der Waals surface area contributed by atoms with Crippen LogP contribution in [-0.2, 0) is 17.7 Å². The molecule has 1 N–H and O–H groups in total. The van der Waals surface area contributed by atoms with Crippen molar-refractivity contribution in [3.8, 4) is 0 Å². The van der Waals surface area contributed by atoms with Crippen molar-refractivity contribution in [1.82, 2.24) is 9.91 Å². The number of rotatable bonds is 6. The van der Waals surface area contributed by atoms with E-state index >= 15 is 0 Å². The van der Waals surface area contributed by atoms with Crippen LogP contribution in [-0.4, -0.2) is 68.3 Å². The zero-order chi connectivity index (χ0) is 26.5. The maximum Gasteiger partial charge on any atom is 0.335 e. The molecule has 0 spiro atoms. The van der Waals surface area contributed by atoms with E-state index in [2.05, 4.69) is 68.5 Å². The maximum absolute atomic E-state index is 11.6. The molecule has 3 rings (SSSR count). The van der Waals surface area contributed by atoms with Gasteiger partial charge >= 0.3 is 17.1 Å². The van der Waals surface area contributed by atoms with Crippen LogP contribution in [0.1, 0.15) is 55.4 Å². The third kappa shape index (κ3) is 4.65. The first-order chi connectivity index (χ1) is 16.2. The van der Waals surface area contributed by atoms with Gasteiger partial charge in [0, 0.05) is 6.20 Å². The monoisotopic (exact) mass is 527 g/mol. The van der Waals surface area contributed by atoms with Crippen LogP contribution < -0.4 is 0 Å². The summed E-state index contributed by atoms with van der Waals surface area (Å²) in [6.07, 6.45) is -0.241. The quantitative estimate of drug-likeness (QED) is 0.307. The fourth-order valence-electron chi connectivity index (χ4n) is 5.40. The summed E-state index contributed by atoms with van der Waals surface area (Å²) in [5.41, 5.74) is 0.716. The Hall–Kier alpha value is -1.55. The topological polar surface area (TPSA) is 107 Å². The van der Waals surface area contributed by atoms with E-state index in [4.69, 9.17) is 17.7 Å². The van der Waals surface area contributed by atoms with Crippen molar-refractivity contribution >= 4 is 17.1 Å². The van der Waals surface area contributed by atoms with Gasteiger partial charge in [0.05, 0.1) is 6.61 Å². The van der Waals surface area contributed by atoms with E-state index in [1.165, 1.54) is 11.0 Å². The minimum atomic E-state index is -2.94. The molecule has 4 atom stereocenters. The molecular weight excluding hydrogens is 486 g/mol. The van der Waals surface area contributed by atoms with Gasteiger partial charge in [0.15, 0.2) is 17.1 Å². The summed E-state index contributed by atoms with van der Waals surface area (Å²) in [6.45, 7) is 24.8. The Morgan fingerprint density at radius 3 is 2.09 bits per heavy atom. The van der Waals surface area contributed by atoms with Gasteiger partial charge in [-0.05, 0) is 33.2 Å². The lowest BCUT2D eigenvalue weighted by Gasteiger charge is -2.51. The van der Waals surface area contributed by atoms with E-state index in [-0.39, 0.29) is 40.3 Å². The molecular formula is C23H41N3O7Si2. The minimum absolute atomic E-state index is 0.0299. The molecule has 3 aliphatic heterocycles. The molecule has 3 heterocycles. The van der Waals surface area contributed by atoms with Crippen molar-refractivity contribution in [2.75, 3.05) is 6.61 Å². The second-order valence-electron chi connectivity index (χ2n) is 10.8. The average Bonchev–Trinajstić information content (AvgIpc) is 3.01. The number of fused-ring (bicyclic) bond motifs is 1. The Morgan fingerprint density at radius 1 is 1.06 bits per heavy atom. The van der Waals surface area contributed by atoms with E-state index in [1.807, 2.05) is 0 Å². The lowest BCUT2D eigenvalue weighted by Crippen LogP contribution is -2.66. The standard InChI is InChI=1S/C23H41N3O7Si2/c1-14(2)34(15(3)4)30-13-20-22(32-35(33-34,16(5)6)17(7)8)21(27)23(31-20)24-12-11-18(9)25(19(24)10)26(28)29/h11-12,14-17,20-23,27H,9-10,13H2,1-8H3/t20-,21-,22-,23-/m1/s1. The predicted molar refractivity (Wildman–Crippen MR) is 137 cm³/mol. The SMILES string of the molecule is C=C1C=CN([C@@H]2O[C@@H]3CO[Si](C(C)C)(C(C)C)O[Si](C(C)C)(C(C)C)O[C@H]3[C@H]2O)C(=C)N1[N+](=O)[O-]. The van der Waals surface area contributed by atoms with Crippen molar-refractivity contribution in [2.45, 2.75) is 102 Å². The molecule has 2 saturated heterocycles. The van der Waals surface area contributed by atoms with Gasteiger partial charge in [0.2, 0.25) is 0 Å². The van der Waals surface area contributed by atoms with Gasteiger partial charge in [-0.3, -0.25) is 0 Å². The van der Waals surface area contributed by atoms with Gasteiger partial charge < -0.3 is 27.7 Å². The highest BCUT2D eigenvalue weighted by atomic mass is 28.5. The molecule has 3 aliphatic rings. The van der Waals surface area contributed by atoms with Crippen LogP contribution in [0.25, 0.3) is 0 Å². The van der Waals surface area contributed by atoms with Crippen LogP contribution in [0.5, 0.6) is 0 Å². The molecule has 0 unspecified atom stereocenters. The lowest BCUT2D eigenvalue weighted by atomic mass is 10.1. The molecule has 0 bridgehead atoms. The van der Waals surface area contributed by atoms with Gasteiger partial charge in [-0.15, -0.1) is 0 Å². The largest absolute Gasteiger partial charge is 0.414 e. The molecule has 0 aliphatic carbocycles. The summed E-state index contributed by atoms with van der Waals surface area (Å²) in [5, 5.41) is 23.2.